The van der Waals surface area contributed by atoms with Crippen LogP contribution in [0.1, 0.15) is 33.6 Å². The van der Waals surface area contributed by atoms with Gasteiger partial charge in [-0.15, -0.1) is 0 Å². The van der Waals surface area contributed by atoms with Crippen molar-refractivity contribution in [3.05, 3.63) is 0 Å². The molecular weight excluding hydrogens is 309 g/mol. The van der Waals surface area contributed by atoms with E-state index in [1.165, 1.54) is 5.06 Å². The van der Waals surface area contributed by atoms with E-state index in [1.54, 1.807) is 0 Å². The van der Waals surface area contributed by atoms with Gasteiger partial charge in [0.2, 0.25) is 0 Å². The Morgan fingerprint density at radius 1 is 1.47 bits per heavy atom. The second-order valence-corrected chi connectivity index (χ2v) is 6.09. The maximum absolute atomic E-state index is 11.4. The highest BCUT2D eigenvalue weighted by molar-refractivity contribution is 14.1. The molecule has 0 aliphatic carbocycles. The second-order valence-electron chi connectivity index (χ2n) is 4.22. The summed E-state index contributed by atoms with van der Waals surface area (Å²) in [4.78, 5) is 11.4. The minimum absolute atomic E-state index is 0.0519. The molecule has 3 atom stereocenters. The Hall–Kier alpha value is 0.120. The number of carbonyl (C=O) groups excluding carboxylic acids is 1. The number of carbonyl (C=O) groups is 1. The molecule has 1 rings (SSSR count). The number of esters is 1. The highest BCUT2D eigenvalue weighted by Gasteiger charge is 2.32. The van der Waals surface area contributed by atoms with Gasteiger partial charge >= 0.3 is 5.97 Å². The molecule has 0 spiro atoms. The van der Waals surface area contributed by atoms with Gasteiger partial charge in [-0.05, 0) is 20.8 Å². The lowest BCUT2D eigenvalue weighted by Crippen LogP contribution is -2.47. The van der Waals surface area contributed by atoms with Crippen LogP contribution >= 0.6 is 22.6 Å². The minimum atomic E-state index is -0.161. The normalized spacial score (nSPS) is 34.9. The first kappa shape index (κ1) is 13.2. The van der Waals surface area contributed by atoms with E-state index in [1.807, 2.05) is 43.4 Å². The van der Waals surface area contributed by atoms with Crippen LogP contribution in [0.3, 0.4) is 0 Å². The fourth-order valence-corrected chi connectivity index (χ4v) is 2.01. The van der Waals surface area contributed by atoms with Crippen molar-refractivity contribution in [2.45, 2.75) is 55.7 Å². The van der Waals surface area contributed by atoms with Crippen LogP contribution in [0.4, 0.5) is 0 Å². The number of rotatable bonds is 2. The number of halogens is 1. The summed E-state index contributed by atoms with van der Waals surface area (Å²) < 4.78 is 5.25. The SMILES string of the molecule is CC(I)C(=O)OC1CC(C)N(O)C(C)C1. The molecule has 1 aliphatic heterocycles. The zero-order valence-electron chi connectivity index (χ0n) is 9.31. The molecule has 0 aromatic rings. The number of nitrogens with zero attached hydrogens (tertiary/aromatic N) is 1. The van der Waals surface area contributed by atoms with Gasteiger partial charge < -0.3 is 9.94 Å². The van der Waals surface area contributed by atoms with Gasteiger partial charge in [0.1, 0.15) is 10.0 Å². The number of piperidine rings is 1. The average Bonchev–Trinajstić information content (AvgIpc) is 2.13. The first-order valence-electron chi connectivity index (χ1n) is 5.23. The quantitative estimate of drug-likeness (QED) is 0.479. The number of ether oxygens (including phenoxy) is 1. The minimum Gasteiger partial charge on any atom is -0.461 e. The summed E-state index contributed by atoms with van der Waals surface area (Å²) in [5, 5.41) is 10.9. The third-order valence-electron chi connectivity index (χ3n) is 2.72. The fourth-order valence-electron chi connectivity index (χ4n) is 1.86. The molecule has 3 unspecified atom stereocenters. The third kappa shape index (κ3) is 3.57. The van der Waals surface area contributed by atoms with E-state index >= 15 is 0 Å². The van der Waals surface area contributed by atoms with Crippen LogP contribution in [0, 0.1) is 0 Å². The van der Waals surface area contributed by atoms with E-state index in [2.05, 4.69) is 0 Å². The van der Waals surface area contributed by atoms with Crippen LogP contribution in [-0.4, -0.2) is 38.4 Å². The summed E-state index contributed by atoms with van der Waals surface area (Å²) >= 11 is 2.04. The Labute approximate surface area is 104 Å². The van der Waals surface area contributed by atoms with Gasteiger partial charge in [-0.25, -0.2) is 0 Å². The van der Waals surface area contributed by atoms with Crippen molar-refractivity contribution in [1.82, 2.24) is 5.06 Å². The van der Waals surface area contributed by atoms with E-state index in [-0.39, 0.29) is 28.1 Å². The molecule has 1 saturated heterocycles. The zero-order chi connectivity index (χ0) is 11.6. The largest absolute Gasteiger partial charge is 0.461 e. The van der Waals surface area contributed by atoms with Gasteiger partial charge in [0, 0.05) is 24.9 Å². The van der Waals surface area contributed by atoms with Crippen molar-refractivity contribution in [3.63, 3.8) is 0 Å². The monoisotopic (exact) mass is 327 g/mol. The summed E-state index contributed by atoms with van der Waals surface area (Å²) in [7, 11) is 0. The summed E-state index contributed by atoms with van der Waals surface area (Å²) in [6.07, 6.45) is 1.36. The van der Waals surface area contributed by atoms with E-state index in [0.717, 1.165) is 0 Å². The first-order chi connectivity index (χ1) is 6.91. The molecule has 0 amide bonds. The maximum atomic E-state index is 11.4. The van der Waals surface area contributed by atoms with E-state index in [0.29, 0.717) is 12.8 Å². The summed E-state index contributed by atoms with van der Waals surface area (Å²) in [5.74, 6) is -0.161. The summed E-state index contributed by atoms with van der Waals surface area (Å²) in [6.45, 7) is 5.69. The van der Waals surface area contributed by atoms with Gasteiger partial charge in [-0.1, -0.05) is 22.6 Å². The standard InChI is InChI=1S/C10H18INO3/c1-6-4-9(5-7(2)12(6)14)15-10(13)8(3)11/h6-9,14H,4-5H2,1-3H3. The van der Waals surface area contributed by atoms with Crippen LogP contribution in [0.15, 0.2) is 0 Å². The molecular formula is C10H18INO3. The summed E-state index contributed by atoms with van der Waals surface area (Å²) in [5.41, 5.74) is 0. The molecule has 0 bridgehead atoms. The zero-order valence-corrected chi connectivity index (χ0v) is 11.5. The lowest BCUT2D eigenvalue weighted by atomic mass is 9.97. The van der Waals surface area contributed by atoms with Crippen LogP contribution < -0.4 is 0 Å². The number of hydrogen-bond acceptors (Lipinski definition) is 4. The molecule has 0 aromatic heterocycles. The Balaban J connectivity index is 2.48. The fraction of sp³-hybridized carbons (Fsp3) is 0.900. The molecule has 1 aliphatic rings. The van der Waals surface area contributed by atoms with E-state index < -0.39 is 0 Å². The lowest BCUT2D eigenvalue weighted by molar-refractivity contribution is -0.193. The molecule has 0 saturated carbocycles. The van der Waals surface area contributed by atoms with Gasteiger partial charge in [-0.2, -0.15) is 5.06 Å². The molecule has 0 aromatic carbocycles. The highest BCUT2D eigenvalue weighted by Crippen LogP contribution is 2.24. The lowest BCUT2D eigenvalue weighted by Gasteiger charge is -2.37. The number of hydroxylamine groups is 2. The summed E-state index contributed by atoms with van der Waals surface area (Å²) in [6, 6.07) is 0.104. The highest BCUT2D eigenvalue weighted by atomic mass is 127. The predicted octanol–water partition coefficient (Wildman–Crippen LogP) is 1.98. The van der Waals surface area contributed by atoms with Crippen molar-refractivity contribution in [3.8, 4) is 0 Å². The maximum Gasteiger partial charge on any atom is 0.318 e. The van der Waals surface area contributed by atoms with Gasteiger partial charge in [-0.3, -0.25) is 4.79 Å². The number of hydrogen-bond donors (Lipinski definition) is 1. The van der Waals surface area contributed by atoms with Crippen LogP contribution in [0.2, 0.25) is 0 Å². The van der Waals surface area contributed by atoms with Gasteiger partial charge in [0.25, 0.3) is 0 Å². The predicted molar refractivity (Wildman–Crippen MR) is 65.1 cm³/mol. The first-order valence-corrected chi connectivity index (χ1v) is 6.48. The molecule has 0 radical (unpaired) electrons. The molecule has 1 N–H and O–H groups in total. The Morgan fingerprint density at radius 3 is 2.33 bits per heavy atom. The van der Waals surface area contributed by atoms with Gasteiger partial charge in [0.05, 0.1) is 0 Å². The van der Waals surface area contributed by atoms with Crippen molar-refractivity contribution < 1.29 is 14.7 Å². The van der Waals surface area contributed by atoms with Crippen LogP contribution in [-0.2, 0) is 9.53 Å². The number of alkyl halides is 1. The van der Waals surface area contributed by atoms with Gasteiger partial charge in [0.15, 0.2) is 0 Å². The average molecular weight is 327 g/mol. The molecule has 1 fully saturated rings. The Kier molecular flexibility index (Phi) is 4.79. The topological polar surface area (TPSA) is 49.8 Å². The van der Waals surface area contributed by atoms with Crippen molar-refractivity contribution in [2.75, 3.05) is 0 Å². The third-order valence-corrected chi connectivity index (χ3v) is 3.23. The molecule has 4 nitrogen and oxygen atoms in total. The van der Waals surface area contributed by atoms with E-state index in [4.69, 9.17) is 4.74 Å². The van der Waals surface area contributed by atoms with E-state index in [9.17, 15) is 10.0 Å². The molecule has 5 heteroatoms. The molecule has 88 valence electrons. The van der Waals surface area contributed by atoms with Crippen LogP contribution in [0.5, 0.6) is 0 Å². The smallest absolute Gasteiger partial charge is 0.318 e. The van der Waals surface area contributed by atoms with Crippen molar-refractivity contribution in [1.29, 1.82) is 0 Å². The Morgan fingerprint density at radius 2 is 1.93 bits per heavy atom. The second kappa shape index (κ2) is 5.45. The molecule has 15 heavy (non-hydrogen) atoms. The Bertz CT molecular complexity index is 223. The van der Waals surface area contributed by atoms with Crippen molar-refractivity contribution >= 4 is 28.6 Å². The van der Waals surface area contributed by atoms with Crippen LogP contribution in [0.25, 0.3) is 0 Å². The molecule has 1 heterocycles. The van der Waals surface area contributed by atoms with Crippen molar-refractivity contribution in [2.24, 2.45) is 0 Å².